The van der Waals surface area contributed by atoms with Gasteiger partial charge in [0.05, 0.1) is 17.9 Å². The Hall–Kier alpha value is -1.88. The van der Waals surface area contributed by atoms with E-state index in [1.807, 2.05) is 30.3 Å². The molecule has 0 aromatic heterocycles. The van der Waals surface area contributed by atoms with E-state index in [1.54, 1.807) is 34.6 Å². The van der Waals surface area contributed by atoms with E-state index >= 15 is 0 Å². The maximum absolute atomic E-state index is 12.5. The number of hydrogen-bond acceptors (Lipinski definition) is 4. The fourth-order valence-electron chi connectivity index (χ4n) is 2.30. The Balaban J connectivity index is 2.90. The van der Waals surface area contributed by atoms with E-state index in [2.05, 4.69) is 5.32 Å². The summed E-state index contributed by atoms with van der Waals surface area (Å²) >= 11 is 0. The molecule has 24 heavy (non-hydrogen) atoms. The summed E-state index contributed by atoms with van der Waals surface area (Å²) in [6.45, 7) is 8.88. The summed E-state index contributed by atoms with van der Waals surface area (Å²) in [7, 11) is 0. The lowest BCUT2D eigenvalue weighted by atomic mass is 9.87. The number of benzene rings is 1. The molecule has 5 nitrogen and oxygen atoms in total. The summed E-state index contributed by atoms with van der Waals surface area (Å²) in [6.07, 6.45) is -0.199. The van der Waals surface area contributed by atoms with Gasteiger partial charge in [-0.25, -0.2) is 0 Å². The van der Waals surface area contributed by atoms with E-state index in [0.717, 1.165) is 5.56 Å². The number of esters is 1. The molecule has 0 bridgehead atoms. The van der Waals surface area contributed by atoms with Crippen molar-refractivity contribution in [2.75, 3.05) is 6.54 Å². The molecule has 0 saturated heterocycles. The number of nitrogens with one attached hydrogen (secondary N) is 1. The fraction of sp³-hybridized carbons (Fsp3) is 0.579. The number of amides is 1. The molecule has 1 aromatic rings. The average molecular weight is 335 g/mol. The van der Waals surface area contributed by atoms with E-state index < -0.39 is 29.5 Å². The molecule has 1 aromatic carbocycles. The van der Waals surface area contributed by atoms with Gasteiger partial charge in [-0.15, -0.1) is 0 Å². The second-order valence-corrected chi connectivity index (χ2v) is 7.21. The van der Waals surface area contributed by atoms with Crippen molar-refractivity contribution in [1.82, 2.24) is 5.32 Å². The standard InChI is InChI=1S/C19H29NO4/c1-13(21)12-20-17(22)16(11-15-9-7-6-8-10-15)14(2)18(23)24-19(3,4)5/h6-10,13-14,16,21H,11-12H2,1-5H3,(H,20,22)/t13-,14?,16+/m0/s1. The Bertz CT molecular complexity index is 534. The molecular weight excluding hydrogens is 306 g/mol. The minimum Gasteiger partial charge on any atom is -0.460 e. The molecule has 1 amide bonds. The van der Waals surface area contributed by atoms with Crippen molar-refractivity contribution in [3.63, 3.8) is 0 Å². The molecule has 3 atom stereocenters. The molecule has 1 rings (SSSR count). The van der Waals surface area contributed by atoms with Crippen LogP contribution in [0.2, 0.25) is 0 Å². The summed E-state index contributed by atoms with van der Waals surface area (Å²) in [4.78, 5) is 24.9. The molecule has 0 heterocycles. The van der Waals surface area contributed by atoms with Crippen LogP contribution in [0.1, 0.15) is 40.2 Å². The van der Waals surface area contributed by atoms with Crippen molar-refractivity contribution < 1.29 is 19.4 Å². The van der Waals surface area contributed by atoms with Gasteiger partial charge < -0.3 is 15.2 Å². The van der Waals surface area contributed by atoms with E-state index in [9.17, 15) is 14.7 Å². The number of ether oxygens (including phenoxy) is 1. The van der Waals surface area contributed by atoms with E-state index in [1.165, 1.54) is 0 Å². The van der Waals surface area contributed by atoms with E-state index in [0.29, 0.717) is 6.42 Å². The molecule has 2 N–H and O–H groups in total. The molecule has 1 unspecified atom stereocenters. The average Bonchev–Trinajstić information content (AvgIpc) is 2.49. The topological polar surface area (TPSA) is 75.6 Å². The lowest BCUT2D eigenvalue weighted by Crippen LogP contribution is -2.42. The normalized spacial score (nSPS) is 15.2. The van der Waals surface area contributed by atoms with Crippen LogP contribution in [-0.4, -0.2) is 35.2 Å². The first-order valence-corrected chi connectivity index (χ1v) is 8.32. The highest BCUT2D eigenvalue weighted by molar-refractivity contribution is 5.85. The van der Waals surface area contributed by atoms with Crippen LogP contribution in [0.25, 0.3) is 0 Å². The first kappa shape index (κ1) is 20.2. The molecule has 0 saturated carbocycles. The molecule has 0 fully saturated rings. The first-order chi connectivity index (χ1) is 11.1. The molecule has 0 aliphatic heterocycles. The van der Waals surface area contributed by atoms with Crippen LogP contribution in [0.3, 0.4) is 0 Å². The summed E-state index contributed by atoms with van der Waals surface area (Å²) in [5.74, 6) is -1.78. The Morgan fingerprint density at radius 2 is 1.75 bits per heavy atom. The second-order valence-electron chi connectivity index (χ2n) is 7.21. The summed E-state index contributed by atoms with van der Waals surface area (Å²) in [5, 5.41) is 12.1. The van der Waals surface area contributed by atoms with E-state index in [-0.39, 0.29) is 12.5 Å². The minimum absolute atomic E-state index is 0.158. The number of carbonyl (C=O) groups excluding carboxylic acids is 2. The van der Waals surface area contributed by atoms with Crippen LogP contribution < -0.4 is 5.32 Å². The summed E-state index contributed by atoms with van der Waals surface area (Å²) < 4.78 is 5.43. The van der Waals surface area contributed by atoms with Crippen LogP contribution in [-0.2, 0) is 20.7 Å². The van der Waals surface area contributed by atoms with Gasteiger partial charge in [-0.3, -0.25) is 9.59 Å². The Morgan fingerprint density at radius 1 is 1.17 bits per heavy atom. The maximum atomic E-state index is 12.5. The van der Waals surface area contributed by atoms with Crippen LogP contribution in [0.5, 0.6) is 0 Å². The predicted molar refractivity (Wildman–Crippen MR) is 93.3 cm³/mol. The third-order valence-corrected chi connectivity index (χ3v) is 3.59. The zero-order valence-corrected chi connectivity index (χ0v) is 15.2. The number of hydrogen-bond donors (Lipinski definition) is 2. The van der Waals surface area contributed by atoms with Crippen LogP contribution >= 0.6 is 0 Å². The van der Waals surface area contributed by atoms with Gasteiger partial charge in [-0.05, 0) is 39.7 Å². The maximum Gasteiger partial charge on any atom is 0.309 e. The highest BCUT2D eigenvalue weighted by atomic mass is 16.6. The molecule has 134 valence electrons. The van der Waals surface area contributed by atoms with Gasteiger partial charge in [0.15, 0.2) is 0 Å². The van der Waals surface area contributed by atoms with Crippen molar-refractivity contribution >= 4 is 11.9 Å². The molecule has 0 spiro atoms. The van der Waals surface area contributed by atoms with Gasteiger partial charge in [-0.2, -0.15) is 0 Å². The van der Waals surface area contributed by atoms with E-state index in [4.69, 9.17) is 4.74 Å². The largest absolute Gasteiger partial charge is 0.460 e. The predicted octanol–water partition coefficient (Wildman–Crippen LogP) is 2.32. The van der Waals surface area contributed by atoms with Crippen molar-refractivity contribution in [1.29, 1.82) is 0 Å². The monoisotopic (exact) mass is 335 g/mol. The minimum atomic E-state index is -0.636. The number of aliphatic hydroxyl groups is 1. The molecular formula is C19H29NO4. The van der Waals surface area contributed by atoms with Crippen LogP contribution in [0.4, 0.5) is 0 Å². The van der Waals surface area contributed by atoms with Gasteiger partial charge in [0.25, 0.3) is 0 Å². The number of rotatable bonds is 7. The Labute approximate surface area is 144 Å². The lowest BCUT2D eigenvalue weighted by molar-refractivity contribution is -0.163. The van der Waals surface area contributed by atoms with Gasteiger partial charge in [0.1, 0.15) is 5.60 Å². The first-order valence-electron chi connectivity index (χ1n) is 8.32. The molecule has 0 aliphatic rings. The van der Waals surface area contributed by atoms with Gasteiger partial charge in [-0.1, -0.05) is 37.3 Å². The lowest BCUT2D eigenvalue weighted by Gasteiger charge is -2.27. The van der Waals surface area contributed by atoms with Crippen molar-refractivity contribution in [3.8, 4) is 0 Å². The third-order valence-electron chi connectivity index (χ3n) is 3.59. The number of aliphatic hydroxyl groups excluding tert-OH is 1. The highest BCUT2D eigenvalue weighted by Gasteiger charge is 2.33. The van der Waals surface area contributed by atoms with Gasteiger partial charge >= 0.3 is 5.97 Å². The smallest absolute Gasteiger partial charge is 0.309 e. The zero-order chi connectivity index (χ0) is 18.3. The summed E-state index contributed by atoms with van der Waals surface area (Å²) in [5.41, 5.74) is 0.378. The molecule has 0 radical (unpaired) electrons. The molecule has 0 aliphatic carbocycles. The quantitative estimate of drug-likeness (QED) is 0.750. The zero-order valence-electron chi connectivity index (χ0n) is 15.2. The van der Waals surface area contributed by atoms with Crippen molar-refractivity contribution in [2.24, 2.45) is 11.8 Å². The highest BCUT2D eigenvalue weighted by Crippen LogP contribution is 2.22. The molecule has 5 heteroatoms. The Kier molecular flexibility index (Phi) is 7.42. The third kappa shape index (κ3) is 7.13. The van der Waals surface area contributed by atoms with Gasteiger partial charge in [0, 0.05) is 6.54 Å². The number of carbonyl (C=O) groups is 2. The van der Waals surface area contributed by atoms with Crippen molar-refractivity contribution in [3.05, 3.63) is 35.9 Å². The SMILES string of the molecule is CC(C(=O)OC(C)(C)C)[C@@H](Cc1ccccc1)C(=O)NC[C@H](C)O. The Morgan fingerprint density at radius 3 is 2.25 bits per heavy atom. The van der Waals surface area contributed by atoms with Gasteiger partial charge in [0.2, 0.25) is 5.91 Å². The summed E-state index contributed by atoms with van der Waals surface area (Å²) in [6, 6.07) is 9.56. The fourth-order valence-corrected chi connectivity index (χ4v) is 2.30. The van der Waals surface area contributed by atoms with Crippen molar-refractivity contribution in [2.45, 2.75) is 52.7 Å². The second kappa shape index (κ2) is 8.83. The van der Waals surface area contributed by atoms with Crippen LogP contribution in [0.15, 0.2) is 30.3 Å². The van der Waals surface area contributed by atoms with Crippen LogP contribution in [0, 0.1) is 11.8 Å².